The fraction of sp³-hybridized carbons (Fsp3) is 0.304. The largest absolute Gasteiger partial charge is 0.451 e. The lowest BCUT2D eigenvalue weighted by molar-refractivity contribution is -0.157. The van der Waals surface area contributed by atoms with Gasteiger partial charge in [-0.15, -0.1) is 0 Å². The number of carbonyl (C=O) groups is 4. The zero-order valence-corrected chi connectivity index (χ0v) is 18.1. The standard InChI is InChI=1S/C23H27N3O5/c1-15-8-10-19(11-9-15)25-20(27)14-26(4)23(30)17(3)31-21(28)13-24-22(29)18-7-5-6-16(2)12-18/h5-12,17H,13-14H2,1-4H3,(H,24,29)(H,25,27)/t17-/m1/s1. The van der Waals surface area contributed by atoms with E-state index in [-0.39, 0.29) is 19.0 Å². The van der Waals surface area contributed by atoms with Gasteiger partial charge in [0.05, 0.1) is 6.54 Å². The van der Waals surface area contributed by atoms with E-state index in [1.54, 1.807) is 30.3 Å². The summed E-state index contributed by atoms with van der Waals surface area (Å²) in [5, 5.41) is 5.16. The van der Waals surface area contributed by atoms with Crippen molar-refractivity contribution in [1.82, 2.24) is 10.2 Å². The van der Waals surface area contributed by atoms with Crippen LogP contribution in [-0.2, 0) is 19.1 Å². The van der Waals surface area contributed by atoms with Gasteiger partial charge in [-0.25, -0.2) is 0 Å². The molecule has 0 aliphatic heterocycles. The van der Waals surface area contributed by atoms with E-state index in [1.807, 2.05) is 32.0 Å². The minimum absolute atomic E-state index is 0.196. The van der Waals surface area contributed by atoms with Crippen molar-refractivity contribution in [2.24, 2.45) is 0 Å². The van der Waals surface area contributed by atoms with Crippen molar-refractivity contribution in [2.45, 2.75) is 26.9 Å². The molecule has 164 valence electrons. The molecule has 0 bridgehead atoms. The first-order valence-electron chi connectivity index (χ1n) is 9.81. The highest BCUT2D eigenvalue weighted by Gasteiger charge is 2.23. The minimum atomic E-state index is -1.10. The molecule has 0 fully saturated rings. The average Bonchev–Trinajstić information content (AvgIpc) is 2.72. The number of anilines is 1. The maximum Gasteiger partial charge on any atom is 0.326 e. The highest BCUT2D eigenvalue weighted by Crippen LogP contribution is 2.09. The SMILES string of the molecule is Cc1ccc(NC(=O)CN(C)C(=O)[C@@H](C)OC(=O)CNC(=O)c2cccc(C)c2)cc1. The van der Waals surface area contributed by atoms with Gasteiger partial charge in [-0.3, -0.25) is 19.2 Å². The highest BCUT2D eigenvalue weighted by atomic mass is 16.5. The van der Waals surface area contributed by atoms with Gasteiger partial charge in [-0.2, -0.15) is 0 Å². The van der Waals surface area contributed by atoms with Crippen LogP contribution in [0.2, 0.25) is 0 Å². The molecule has 8 heteroatoms. The molecule has 2 aromatic rings. The molecule has 0 saturated carbocycles. The molecule has 2 rings (SSSR count). The Morgan fingerprint density at radius 2 is 1.68 bits per heavy atom. The fourth-order valence-corrected chi connectivity index (χ4v) is 2.77. The monoisotopic (exact) mass is 425 g/mol. The van der Waals surface area contributed by atoms with Crippen molar-refractivity contribution in [3.63, 3.8) is 0 Å². The van der Waals surface area contributed by atoms with E-state index in [4.69, 9.17) is 4.74 Å². The molecule has 0 heterocycles. The number of benzene rings is 2. The lowest BCUT2D eigenvalue weighted by Crippen LogP contribution is -2.42. The Labute approximate surface area is 181 Å². The second-order valence-electron chi connectivity index (χ2n) is 7.29. The van der Waals surface area contributed by atoms with Gasteiger partial charge in [0.2, 0.25) is 5.91 Å². The molecule has 0 saturated heterocycles. The van der Waals surface area contributed by atoms with Gasteiger partial charge in [0.1, 0.15) is 6.54 Å². The zero-order chi connectivity index (χ0) is 23.0. The predicted molar refractivity (Wildman–Crippen MR) is 117 cm³/mol. The summed E-state index contributed by atoms with van der Waals surface area (Å²) in [7, 11) is 1.45. The lowest BCUT2D eigenvalue weighted by atomic mass is 10.1. The summed E-state index contributed by atoms with van der Waals surface area (Å²) in [4.78, 5) is 49.8. The third kappa shape index (κ3) is 7.58. The van der Waals surface area contributed by atoms with Gasteiger partial charge >= 0.3 is 5.97 Å². The normalized spacial score (nSPS) is 11.2. The van der Waals surface area contributed by atoms with E-state index in [2.05, 4.69) is 10.6 Å². The van der Waals surface area contributed by atoms with Gasteiger partial charge in [-0.1, -0.05) is 35.4 Å². The molecular weight excluding hydrogens is 398 g/mol. The van der Waals surface area contributed by atoms with Crippen molar-refractivity contribution in [1.29, 1.82) is 0 Å². The Bertz CT molecular complexity index is 956. The van der Waals surface area contributed by atoms with E-state index in [9.17, 15) is 19.2 Å². The number of ether oxygens (including phenoxy) is 1. The maximum absolute atomic E-state index is 12.4. The van der Waals surface area contributed by atoms with Crippen LogP contribution >= 0.6 is 0 Å². The molecular formula is C23H27N3O5. The van der Waals surface area contributed by atoms with Gasteiger partial charge in [0, 0.05) is 18.3 Å². The summed E-state index contributed by atoms with van der Waals surface area (Å²) in [6.45, 7) is 4.64. The van der Waals surface area contributed by atoms with Gasteiger partial charge in [0.15, 0.2) is 6.10 Å². The van der Waals surface area contributed by atoms with Crippen LogP contribution in [0.1, 0.15) is 28.4 Å². The van der Waals surface area contributed by atoms with E-state index in [1.165, 1.54) is 18.9 Å². The summed E-state index contributed by atoms with van der Waals surface area (Å²) < 4.78 is 5.08. The van der Waals surface area contributed by atoms with Crippen LogP contribution in [0.4, 0.5) is 5.69 Å². The number of aryl methyl sites for hydroxylation is 2. The highest BCUT2D eigenvalue weighted by molar-refractivity contribution is 5.97. The molecule has 0 aromatic heterocycles. The quantitative estimate of drug-likeness (QED) is 0.630. The van der Waals surface area contributed by atoms with Crippen LogP contribution in [0, 0.1) is 13.8 Å². The van der Waals surface area contributed by atoms with Crippen molar-refractivity contribution in [2.75, 3.05) is 25.5 Å². The Hall–Kier alpha value is -3.68. The first-order chi connectivity index (χ1) is 14.7. The van der Waals surface area contributed by atoms with E-state index in [0.717, 1.165) is 11.1 Å². The Kier molecular flexibility index (Phi) is 8.31. The van der Waals surface area contributed by atoms with Crippen LogP contribution in [-0.4, -0.2) is 54.8 Å². The first-order valence-corrected chi connectivity index (χ1v) is 9.81. The molecule has 0 aliphatic carbocycles. The lowest BCUT2D eigenvalue weighted by Gasteiger charge is -2.21. The number of likely N-dealkylation sites (N-methyl/N-ethyl adjacent to an activating group) is 1. The number of carbonyl (C=O) groups excluding carboxylic acids is 4. The molecule has 0 spiro atoms. The van der Waals surface area contributed by atoms with Crippen molar-refractivity contribution >= 4 is 29.4 Å². The van der Waals surface area contributed by atoms with Crippen LogP contribution in [0.15, 0.2) is 48.5 Å². The van der Waals surface area contributed by atoms with Crippen LogP contribution < -0.4 is 10.6 Å². The first kappa shape index (κ1) is 23.6. The predicted octanol–water partition coefficient (Wildman–Crippen LogP) is 2.06. The van der Waals surface area contributed by atoms with E-state index < -0.39 is 23.9 Å². The molecule has 0 unspecified atom stereocenters. The van der Waals surface area contributed by atoms with Crippen LogP contribution in [0.25, 0.3) is 0 Å². The molecule has 0 radical (unpaired) electrons. The number of esters is 1. The molecule has 31 heavy (non-hydrogen) atoms. The second kappa shape index (κ2) is 10.9. The molecule has 3 amide bonds. The van der Waals surface area contributed by atoms with Crippen molar-refractivity contribution in [3.8, 4) is 0 Å². The number of amides is 3. The topological polar surface area (TPSA) is 105 Å². The Morgan fingerprint density at radius 1 is 1.00 bits per heavy atom. The van der Waals surface area contributed by atoms with Gasteiger partial charge in [0.25, 0.3) is 11.8 Å². The number of rotatable bonds is 8. The summed E-state index contributed by atoms with van der Waals surface area (Å²) in [6.07, 6.45) is -1.10. The van der Waals surface area contributed by atoms with E-state index in [0.29, 0.717) is 11.3 Å². The Balaban J connectivity index is 1.77. The summed E-state index contributed by atoms with van der Waals surface area (Å²) in [5.74, 6) is -2.06. The Morgan fingerprint density at radius 3 is 2.32 bits per heavy atom. The average molecular weight is 425 g/mol. The van der Waals surface area contributed by atoms with Crippen LogP contribution in [0.3, 0.4) is 0 Å². The van der Waals surface area contributed by atoms with E-state index >= 15 is 0 Å². The third-order valence-electron chi connectivity index (χ3n) is 4.42. The zero-order valence-electron chi connectivity index (χ0n) is 18.1. The van der Waals surface area contributed by atoms with Crippen LogP contribution in [0.5, 0.6) is 0 Å². The molecule has 8 nitrogen and oxygen atoms in total. The number of hydrogen-bond acceptors (Lipinski definition) is 5. The molecule has 2 aromatic carbocycles. The second-order valence-corrected chi connectivity index (χ2v) is 7.29. The number of nitrogens with zero attached hydrogens (tertiary/aromatic N) is 1. The number of nitrogens with one attached hydrogen (secondary N) is 2. The summed E-state index contributed by atoms with van der Waals surface area (Å²) in [5.41, 5.74) is 3.04. The maximum atomic E-state index is 12.4. The minimum Gasteiger partial charge on any atom is -0.451 e. The van der Waals surface area contributed by atoms with Crippen molar-refractivity contribution < 1.29 is 23.9 Å². The summed E-state index contributed by atoms with van der Waals surface area (Å²) >= 11 is 0. The fourth-order valence-electron chi connectivity index (χ4n) is 2.77. The molecule has 1 atom stereocenters. The van der Waals surface area contributed by atoms with Gasteiger partial charge in [-0.05, 0) is 45.0 Å². The summed E-state index contributed by atoms with van der Waals surface area (Å²) in [6, 6.07) is 14.2. The van der Waals surface area contributed by atoms with Gasteiger partial charge < -0.3 is 20.3 Å². The smallest absolute Gasteiger partial charge is 0.326 e. The third-order valence-corrected chi connectivity index (χ3v) is 4.42. The molecule has 0 aliphatic rings. The molecule has 2 N–H and O–H groups in total. The van der Waals surface area contributed by atoms with Crippen molar-refractivity contribution in [3.05, 3.63) is 65.2 Å². The number of hydrogen-bond donors (Lipinski definition) is 2.